The highest BCUT2D eigenvalue weighted by Crippen LogP contribution is 1.99. The lowest BCUT2D eigenvalue weighted by atomic mass is 10.2. The third kappa shape index (κ3) is 6.72. The van der Waals surface area contributed by atoms with Crippen molar-refractivity contribution >= 4 is 0 Å². The summed E-state index contributed by atoms with van der Waals surface area (Å²) >= 11 is 0. The Morgan fingerprint density at radius 3 is 2.62 bits per heavy atom. The molecule has 0 unspecified atom stereocenters. The van der Waals surface area contributed by atoms with Crippen molar-refractivity contribution < 1.29 is 19.3 Å². The second kappa shape index (κ2) is 8.19. The zero-order valence-corrected chi connectivity index (χ0v) is 8.23. The highest BCUT2D eigenvalue weighted by molar-refractivity contribution is 4.83. The van der Waals surface area contributed by atoms with Crippen LogP contribution in [0, 0.1) is 0 Å². The zero-order chi connectivity index (χ0) is 10.1. The van der Waals surface area contributed by atoms with Crippen molar-refractivity contribution in [1.29, 1.82) is 0 Å². The SMILES string of the molecule is C=C[C@H](OCOCCOC)[C@@H](C)O. The molecule has 4 nitrogen and oxygen atoms in total. The smallest absolute Gasteiger partial charge is 0.147 e. The molecule has 0 aromatic heterocycles. The molecular formula is C9H18O4. The molecule has 0 rings (SSSR count). The molecule has 0 aromatic rings. The van der Waals surface area contributed by atoms with Crippen LogP contribution in [0.4, 0.5) is 0 Å². The molecule has 0 heterocycles. The van der Waals surface area contributed by atoms with Gasteiger partial charge in [0.1, 0.15) is 12.9 Å². The number of hydrogen-bond donors (Lipinski definition) is 1. The van der Waals surface area contributed by atoms with E-state index in [1.54, 1.807) is 20.1 Å². The number of aliphatic hydroxyl groups is 1. The summed E-state index contributed by atoms with van der Waals surface area (Å²) in [6, 6.07) is 0. The van der Waals surface area contributed by atoms with Crippen LogP contribution in [-0.2, 0) is 14.2 Å². The van der Waals surface area contributed by atoms with Gasteiger partial charge in [0.15, 0.2) is 0 Å². The van der Waals surface area contributed by atoms with Crippen molar-refractivity contribution in [2.75, 3.05) is 27.1 Å². The molecule has 0 fully saturated rings. The Hall–Kier alpha value is -0.420. The third-order valence-electron chi connectivity index (χ3n) is 1.48. The minimum Gasteiger partial charge on any atom is -0.390 e. The molecule has 0 spiro atoms. The lowest BCUT2D eigenvalue weighted by Crippen LogP contribution is -2.25. The highest BCUT2D eigenvalue weighted by Gasteiger charge is 2.10. The van der Waals surface area contributed by atoms with E-state index in [0.717, 1.165) is 0 Å². The first-order chi connectivity index (χ1) is 6.22. The second-order valence-corrected chi connectivity index (χ2v) is 2.63. The van der Waals surface area contributed by atoms with E-state index in [1.165, 1.54) is 0 Å². The molecular weight excluding hydrogens is 172 g/mol. The minimum absolute atomic E-state index is 0.144. The lowest BCUT2D eigenvalue weighted by molar-refractivity contribution is -0.110. The van der Waals surface area contributed by atoms with Gasteiger partial charge >= 0.3 is 0 Å². The van der Waals surface area contributed by atoms with Gasteiger partial charge < -0.3 is 19.3 Å². The number of methoxy groups -OCH3 is 1. The van der Waals surface area contributed by atoms with E-state index >= 15 is 0 Å². The molecule has 13 heavy (non-hydrogen) atoms. The number of hydrogen-bond acceptors (Lipinski definition) is 4. The fourth-order valence-electron chi connectivity index (χ4n) is 0.732. The van der Waals surface area contributed by atoms with Crippen LogP contribution < -0.4 is 0 Å². The molecule has 0 aromatic carbocycles. The van der Waals surface area contributed by atoms with Crippen molar-refractivity contribution in [2.24, 2.45) is 0 Å². The molecule has 0 aliphatic carbocycles. The molecule has 2 atom stereocenters. The molecule has 0 bridgehead atoms. The molecule has 0 aliphatic rings. The molecule has 0 radical (unpaired) electrons. The van der Waals surface area contributed by atoms with Crippen LogP contribution in [0.5, 0.6) is 0 Å². The summed E-state index contributed by atoms with van der Waals surface area (Å²) in [5.74, 6) is 0. The number of aliphatic hydroxyl groups excluding tert-OH is 1. The molecule has 0 amide bonds. The Balaban J connectivity index is 3.33. The molecule has 4 heteroatoms. The maximum atomic E-state index is 9.14. The van der Waals surface area contributed by atoms with E-state index in [2.05, 4.69) is 6.58 Å². The average Bonchev–Trinajstić information content (AvgIpc) is 2.10. The van der Waals surface area contributed by atoms with Crippen molar-refractivity contribution in [2.45, 2.75) is 19.1 Å². The summed E-state index contributed by atoms with van der Waals surface area (Å²) in [6.07, 6.45) is 0.607. The Labute approximate surface area is 79.1 Å². The maximum Gasteiger partial charge on any atom is 0.147 e. The Bertz CT molecular complexity index is 125. The lowest BCUT2D eigenvalue weighted by Gasteiger charge is -2.16. The van der Waals surface area contributed by atoms with Crippen molar-refractivity contribution in [3.63, 3.8) is 0 Å². The zero-order valence-electron chi connectivity index (χ0n) is 8.23. The predicted molar refractivity (Wildman–Crippen MR) is 49.4 cm³/mol. The maximum absolute atomic E-state index is 9.14. The quantitative estimate of drug-likeness (QED) is 0.345. The first-order valence-corrected chi connectivity index (χ1v) is 4.21. The van der Waals surface area contributed by atoms with Gasteiger partial charge in [0, 0.05) is 7.11 Å². The largest absolute Gasteiger partial charge is 0.390 e. The second-order valence-electron chi connectivity index (χ2n) is 2.63. The summed E-state index contributed by atoms with van der Waals surface area (Å²) < 4.78 is 15.0. The van der Waals surface area contributed by atoms with Gasteiger partial charge in [-0.25, -0.2) is 0 Å². The molecule has 0 aliphatic heterocycles. The van der Waals surface area contributed by atoms with E-state index < -0.39 is 6.10 Å². The normalized spacial score (nSPS) is 15.3. The summed E-state index contributed by atoms with van der Waals surface area (Å²) in [7, 11) is 1.60. The van der Waals surface area contributed by atoms with Gasteiger partial charge in [-0.15, -0.1) is 6.58 Å². The molecule has 1 N–H and O–H groups in total. The first kappa shape index (κ1) is 12.6. The number of rotatable bonds is 8. The highest BCUT2D eigenvalue weighted by atomic mass is 16.7. The van der Waals surface area contributed by atoms with E-state index in [-0.39, 0.29) is 12.9 Å². The van der Waals surface area contributed by atoms with E-state index in [9.17, 15) is 0 Å². The van der Waals surface area contributed by atoms with E-state index in [1.807, 2.05) is 0 Å². The average molecular weight is 190 g/mol. The van der Waals surface area contributed by atoms with Crippen molar-refractivity contribution in [3.8, 4) is 0 Å². The van der Waals surface area contributed by atoms with Gasteiger partial charge in [-0.3, -0.25) is 0 Å². The predicted octanol–water partition coefficient (Wildman–Crippen LogP) is 0.559. The van der Waals surface area contributed by atoms with Crippen LogP contribution in [0.3, 0.4) is 0 Å². The topological polar surface area (TPSA) is 47.9 Å². The first-order valence-electron chi connectivity index (χ1n) is 4.21. The third-order valence-corrected chi connectivity index (χ3v) is 1.48. The van der Waals surface area contributed by atoms with Gasteiger partial charge in [-0.2, -0.15) is 0 Å². The van der Waals surface area contributed by atoms with Gasteiger partial charge in [-0.05, 0) is 6.92 Å². The number of ether oxygens (including phenoxy) is 3. The van der Waals surface area contributed by atoms with E-state index in [0.29, 0.717) is 13.2 Å². The van der Waals surface area contributed by atoms with Gasteiger partial charge in [0.2, 0.25) is 0 Å². The fraction of sp³-hybridized carbons (Fsp3) is 0.778. The standard InChI is InChI=1S/C9H18O4/c1-4-9(8(2)10)13-7-12-6-5-11-3/h4,8-10H,1,5-7H2,2-3H3/t8-,9+/m1/s1. The van der Waals surface area contributed by atoms with Crippen LogP contribution in [0.15, 0.2) is 12.7 Å². The fourth-order valence-corrected chi connectivity index (χ4v) is 0.732. The molecule has 0 saturated heterocycles. The van der Waals surface area contributed by atoms with Crippen LogP contribution in [0.2, 0.25) is 0 Å². The summed E-state index contributed by atoms with van der Waals surface area (Å²) in [5.41, 5.74) is 0. The Morgan fingerprint density at radius 1 is 1.46 bits per heavy atom. The van der Waals surface area contributed by atoms with Gasteiger partial charge in [0.05, 0.1) is 19.3 Å². The summed E-state index contributed by atoms with van der Waals surface area (Å²) in [5, 5.41) is 9.14. The van der Waals surface area contributed by atoms with Crippen molar-refractivity contribution in [1.82, 2.24) is 0 Å². The van der Waals surface area contributed by atoms with E-state index in [4.69, 9.17) is 19.3 Å². The molecule has 0 saturated carbocycles. The Kier molecular flexibility index (Phi) is 7.93. The van der Waals surface area contributed by atoms with Crippen LogP contribution in [0.1, 0.15) is 6.92 Å². The van der Waals surface area contributed by atoms with Gasteiger partial charge in [-0.1, -0.05) is 6.08 Å². The van der Waals surface area contributed by atoms with Crippen molar-refractivity contribution in [3.05, 3.63) is 12.7 Å². The monoisotopic (exact) mass is 190 g/mol. The van der Waals surface area contributed by atoms with Crippen LogP contribution in [-0.4, -0.2) is 44.4 Å². The van der Waals surface area contributed by atoms with Crippen LogP contribution >= 0.6 is 0 Å². The Morgan fingerprint density at radius 2 is 2.15 bits per heavy atom. The minimum atomic E-state index is -0.566. The molecule has 78 valence electrons. The van der Waals surface area contributed by atoms with Crippen LogP contribution in [0.25, 0.3) is 0 Å². The summed E-state index contributed by atoms with van der Waals surface area (Å²) in [4.78, 5) is 0. The summed E-state index contributed by atoms with van der Waals surface area (Å²) in [6.45, 7) is 6.34. The van der Waals surface area contributed by atoms with Gasteiger partial charge in [0.25, 0.3) is 0 Å².